The lowest BCUT2D eigenvalue weighted by Gasteiger charge is -2.14. The maximum Gasteiger partial charge on any atom is 0.417 e. The van der Waals surface area contributed by atoms with Gasteiger partial charge in [0.2, 0.25) is 0 Å². The summed E-state index contributed by atoms with van der Waals surface area (Å²) in [6.45, 7) is 0. The average Bonchev–Trinajstić information content (AvgIpc) is 2.15. The van der Waals surface area contributed by atoms with Crippen molar-refractivity contribution in [2.24, 2.45) is 0 Å². The molecule has 3 nitrogen and oxygen atoms in total. The Morgan fingerprint density at radius 1 is 1.38 bits per heavy atom. The first-order valence-corrected chi connectivity index (χ1v) is 3.88. The van der Waals surface area contributed by atoms with E-state index in [0.717, 1.165) is 0 Å². The van der Waals surface area contributed by atoms with Gasteiger partial charge in [0.05, 0.1) is 11.1 Å². The van der Waals surface area contributed by atoms with Gasteiger partial charge in [-0.2, -0.15) is 13.2 Å². The van der Waals surface area contributed by atoms with Crippen LogP contribution < -0.4 is 5.73 Å². The van der Waals surface area contributed by atoms with Gasteiger partial charge in [-0.1, -0.05) is 0 Å². The Morgan fingerprint density at radius 2 is 1.94 bits per heavy atom. The minimum atomic E-state index is -5.08. The zero-order valence-electron chi connectivity index (χ0n) is 7.55. The molecule has 1 aromatic heterocycles. The molecule has 0 aliphatic rings. The number of nitrogen functional groups attached to an aromatic ring is 1. The van der Waals surface area contributed by atoms with Crippen LogP contribution >= 0.6 is 0 Å². The molecule has 0 radical (unpaired) electrons. The van der Waals surface area contributed by atoms with Crippen LogP contribution in [0, 0.1) is 0 Å². The number of pyridine rings is 1. The number of alkyl halides is 5. The summed E-state index contributed by atoms with van der Waals surface area (Å²) in [5, 5.41) is 0. The molecule has 0 unspecified atom stereocenters. The molecule has 1 heterocycles. The number of hydrogen-bond donors (Lipinski definition) is 1. The zero-order valence-corrected chi connectivity index (χ0v) is 7.55. The van der Waals surface area contributed by atoms with Gasteiger partial charge in [-0.25, -0.2) is 13.8 Å². The molecule has 8 heteroatoms. The van der Waals surface area contributed by atoms with E-state index in [2.05, 4.69) is 4.98 Å². The van der Waals surface area contributed by atoms with Gasteiger partial charge in [-0.15, -0.1) is 0 Å². The van der Waals surface area contributed by atoms with Crippen molar-refractivity contribution in [1.82, 2.24) is 4.98 Å². The number of carbonyl (C=O) groups is 1. The molecule has 0 bridgehead atoms. The van der Waals surface area contributed by atoms with E-state index in [4.69, 9.17) is 5.73 Å². The van der Waals surface area contributed by atoms with Crippen LogP contribution in [0.2, 0.25) is 0 Å². The van der Waals surface area contributed by atoms with Gasteiger partial charge >= 0.3 is 6.18 Å². The van der Waals surface area contributed by atoms with Gasteiger partial charge in [0, 0.05) is 11.8 Å². The minimum absolute atomic E-state index is 0.239. The summed E-state index contributed by atoms with van der Waals surface area (Å²) in [6, 6.07) is 0. The summed E-state index contributed by atoms with van der Waals surface area (Å²) in [5.41, 5.74) is 0.857. The predicted molar refractivity (Wildman–Crippen MR) is 44.0 cm³/mol. The summed E-state index contributed by atoms with van der Waals surface area (Å²) in [4.78, 5) is 13.5. The van der Waals surface area contributed by atoms with Gasteiger partial charge in [-0.3, -0.25) is 4.79 Å². The highest BCUT2D eigenvalue weighted by Crippen LogP contribution is 2.39. The lowest BCUT2D eigenvalue weighted by Crippen LogP contribution is -2.16. The smallest absolute Gasteiger partial charge is 0.383 e. The number of nitrogens with two attached hydrogens (primary N) is 1. The number of halogens is 5. The van der Waals surface area contributed by atoms with Crippen LogP contribution in [-0.4, -0.2) is 11.3 Å². The molecule has 0 saturated heterocycles. The third kappa shape index (κ3) is 2.10. The van der Waals surface area contributed by atoms with E-state index < -0.39 is 35.1 Å². The second kappa shape index (κ2) is 4.03. The molecule has 0 aromatic carbocycles. The number of anilines is 1. The predicted octanol–water partition coefficient (Wildman–Crippen LogP) is 2.43. The molecule has 0 fully saturated rings. The molecule has 1 aromatic rings. The monoisotopic (exact) mass is 240 g/mol. The van der Waals surface area contributed by atoms with Crippen LogP contribution in [0.3, 0.4) is 0 Å². The van der Waals surface area contributed by atoms with Crippen molar-refractivity contribution in [2.45, 2.75) is 12.6 Å². The van der Waals surface area contributed by atoms with Gasteiger partial charge in [-0.05, 0) is 0 Å². The molecular weight excluding hydrogens is 235 g/mol. The average molecular weight is 240 g/mol. The molecule has 0 atom stereocenters. The zero-order chi connectivity index (χ0) is 12.5. The second-order valence-electron chi connectivity index (χ2n) is 2.80. The minimum Gasteiger partial charge on any atom is -0.383 e. The van der Waals surface area contributed by atoms with Crippen molar-refractivity contribution >= 4 is 12.1 Å². The highest BCUT2D eigenvalue weighted by molar-refractivity contribution is 5.84. The summed E-state index contributed by atoms with van der Waals surface area (Å²) in [5.74, 6) is -0.730. The van der Waals surface area contributed by atoms with Gasteiger partial charge < -0.3 is 5.73 Å². The standard InChI is InChI=1S/C8H5F5N2O/c9-6(10)3-1-15-7(14)4(2-16)5(3)8(11,12)13/h1-2,6H,(H2,14,15). The number of hydrogen-bond acceptors (Lipinski definition) is 3. The number of aldehydes is 1. The molecule has 16 heavy (non-hydrogen) atoms. The van der Waals surface area contributed by atoms with E-state index >= 15 is 0 Å². The third-order valence-electron chi connectivity index (χ3n) is 1.81. The van der Waals surface area contributed by atoms with Crippen molar-refractivity contribution in [3.05, 3.63) is 22.9 Å². The molecule has 0 saturated carbocycles. The van der Waals surface area contributed by atoms with Crippen molar-refractivity contribution in [3.63, 3.8) is 0 Å². The Morgan fingerprint density at radius 3 is 2.31 bits per heavy atom. The normalized spacial score (nSPS) is 11.9. The summed E-state index contributed by atoms with van der Waals surface area (Å²) in [6.07, 6.45) is -8.39. The Hall–Kier alpha value is -1.73. The van der Waals surface area contributed by atoms with E-state index in [1.54, 1.807) is 0 Å². The van der Waals surface area contributed by atoms with Gasteiger partial charge in [0.15, 0.2) is 6.29 Å². The Balaban J connectivity index is 3.61. The van der Waals surface area contributed by atoms with Crippen molar-refractivity contribution in [3.8, 4) is 0 Å². The van der Waals surface area contributed by atoms with Crippen LogP contribution in [0.4, 0.5) is 27.8 Å². The number of aromatic nitrogens is 1. The summed E-state index contributed by atoms with van der Waals surface area (Å²) < 4.78 is 62.0. The first-order chi connectivity index (χ1) is 7.29. The molecular formula is C8H5F5N2O. The van der Waals surface area contributed by atoms with Crippen molar-refractivity contribution in [1.29, 1.82) is 0 Å². The molecule has 88 valence electrons. The fraction of sp³-hybridized carbons (Fsp3) is 0.250. The quantitative estimate of drug-likeness (QED) is 0.638. The number of nitrogens with zero attached hydrogens (tertiary/aromatic N) is 1. The Kier molecular flexibility index (Phi) is 3.11. The fourth-order valence-corrected chi connectivity index (χ4v) is 1.16. The first kappa shape index (κ1) is 12.3. The lowest BCUT2D eigenvalue weighted by atomic mass is 10.0. The SMILES string of the molecule is Nc1ncc(C(F)F)c(C(F)(F)F)c1C=O. The van der Waals surface area contributed by atoms with Crippen molar-refractivity contribution in [2.75, 3.05) is 5.73 Å². The van der Waals surface area contributed by atoms with Crippen LogP contribution in [0.15, 0.2) is 6.20 Å². The van der Waals surface area contributed by atoms with E-state index in [1.165, 1.54) is 0 Å². The Labute approximate surface area is 86.1 Å². The van der Waals surface area contributed by atoms with Crippen LogP contribution in [0.1, 0.15) is 27.9 Å². The molecule has 1 rings (SSSR count). The molecule has 0 spiro atoms. The highest BCUT2D eigenvalue weighted by atomic mass is 19.4. The second-order valence-corrected chi connectivity index (χ2v) is 2.80. The van der Waals surface area contributed by atoms with E-state index in [9.17, 15) is 26.7 Å². The highest BCUT2D eigenvalue weighted by Gasteiger charge is 2.39. The molecule has 2 N–H and O–H groups in total. The summed E-state index contributed by atoms with van der Waals surface area (Å²) in [7, 11) is 0. The summed E-state index contributed by atoms with van der Waals surface area (Å²) >= 11 is 0. The van der Waals surface area contributed by atoms with E-state index in [0.29, 0.717) is 6.20 Å². The maximum atomic E-state index is 12.5. The van der Waals surface area contributed by atoms with E-state index in [-0.39, 0.29) is 6.29 Å². The number of carbonyl (C=O) groups excluding carboxylic acids is 1. The van der Waals surface area contributed by atoms with Gasteiger partial charge in [0.25, 0.3) is 6.43 Å². The maximum absolute atomic E-state index is 12.5. The third-order valence-corrected chi connectivity index (χ3v) is 1.81. The first-order valence-electron chi connectivity index (χ1n) is 3.88. The van der Waals surface area contributed by atoms with Crippen LogP contribution in [0.5, 0.6) is 0 Å². The fourth-order valence-electron chi connectivity index (χ4n) is 1.16. The molecule has 0 aliphatic heterocycles. The van der Waals surface area contributed by atoms with Crippen LogP contribution in [0.25, 0.3) is 0 Å². The van der Waals surface area contributed by atoms with Crippen LogP contribution in [-0.2, 0) is 6.18 Å². The van der Waals surface area contributed by atoms with E-state index in [1.807, 2.05) is 0 Å². The number of rotatable bonds is 2. The molecule has 0 aliphatic carbocycles. The van der Waals surface area contributed by atoms with Gasteiger partial charge in [0.1, 0.15) is 5.82 Å². The topological polar surface area (TPSA) is 56.0 Å². The Bertz CT molecular complexity index is 416. The lowest BCUT2D eigenvalue weighted by molar-refractivity contribution is -0.139. The largest absolute Gasteiger partial charge is 0.417 e. The molecule has 0 amide bonds. The van der Waals surface area contributed by atoms with Crippen molar-refractivity contribution < 1.29 is 26.7 Å².